The van der Waals surface area contributed by atoms with Crippen molar-refractivity contribution >= 4 is 5.91 Å². The number of hydrogen-bond acceptors (Lipinski definition) is 2. The van der Waals surface area contributed by atoms with Crippen LogP contribution in [0, 0.1) is 23.0 Å². The molecule has 1 aromatic carbocycles. The van der Waals surface area contributed by atoms with Gasteiger partial charge in [0.15, 0.2) is 0 Å². The SMILES string of the molecule is CC(C)(C)C(O)CNC(=O)C1CC1c1ccc(F)cc1F. The van der Waals surface area contributed by atoms with E-state index in [1.165, 1.54) is 12.1 Å². The van der Waals surface area contributed by atoms with Crippen LogP contribution in [0.25, 0.3) is 0 Å². The number of halogens is 2. The highest BCUT2D eigenvalue weighted by atomic mass is 19.1. The van der Waals surface area contributed by atoms with Crippen LogP contribution in [0.4, 0.5) is 8.78 Å². The lowest BCUT2D eigenvalue weighted by Gasteiger charge is -2.25. The van der Waals surface area contributed by atoms with Crippen molar-refractivity contribution in [2.45, 2.75) is 39.2 Å². The van der Waals surface area contributed by atoms with E-state index in [4.69, 9.17) is 0 Å². The molecule has 21 heavy (non-hydrogen) atoms. The van der Waals surface area contributed by atoms with Crippen molar-refractivity contribution in [3.8, 4) is 0 Å². The third-order valence-corrected chi connectivity index (χ3v) is 3.96. The lowest BCUT2D eigenvalue weighted by Crippen LogP contribution is -2.39. The molecule has 1 aliphatic carbocycles. The summed E-state index contributed by atoms with van der Waals surface area (Å²) < 4.78 is 26.5. The smallest absolute Gasteiger partial charge is 0.223 e. The van der Waals surface area contributed by atoms with Crippen LogP contribution in [-0.4, -0.2) is 23.7 Å². The normalized spacial score (nSPS) is 22.8. The number of hydrogen-bond donors (Lipinski definition) is 2. The van der Waals surface area contributed by atoms with Gasteiger partial charge in [-0.1, -0.05) is 26.8 Å². The molecular formula is C16H21F2NO2. The number of rotatable bonds is 4. The average Bonchev–Trinajstić information content (AvgIpc) is 3.14. The molecule has 0 aliphatic heterocycles. The van der Waals surface area contributed by atoms with Crippen molar-refractivity contribution in [2.24, 2.45) is 11.3 Å². The van der Waals surface area contributed by atoms with Crippen LogP contribution < -0.4 is 5.32 Å². The van der Waals surface area contributed by atoms with Gasteiger partial charge in [0, 0.05) is 18.5 Å². The summed E-state index contributed by atoms with van der Waals surface area (Å²) in [6, 6.07) is 3.44. The molecule has 2 N–H and O–H groups in total. The van der Waals surface area contributed by atoms with E-state index < -0.39 is 17.7 Å². The van der Waals surface area contributed by atoms with Crippen molar-refractivity contribution in [3.05, 3.63) is 35.4 Å². The maximum absolute atomic E-state index is 13.6. The average molecular weight is 297 g/mol. The minimum Gasteiger partial charge on any atom is -0.391 e. The van der Waals surface area contributed by atoms with Crippen LogP contribution >= 0.6 is 0 Å². The third-order valence-electron chi connectivity index (χ3n) is 3.96. The molecule has 5 heteroatoms. The van der Waals surface area contributed by atoms with Crippen LogP contribution in [0.1, 0.15) is 38.7 Å². The summed E-state index contributed by atoms with van der Waals surface area (Å²) in [5, 5.41) is 12.6. The fourth-order valence-corrected chi connectivity index (χ4v) is 2.27. The van der Waals surface area contributed by atoms with Gasteiger partial charge in [-0.05, 0) is 29.4 Å². The number of carbonyl (C=O) groups is 1. The van der Waals surface area contributed by atoms with E-state index in [9.17, 15) is 18.7 Å². The zero-order chi connectivity index (χ0) is 15.8. The first-order valence-corrected chi connectivity index (χ1v) is 7.11. The molecule has 1 aromatic rings. The summed E-state index contributed by atoms with van der Waals surface area (Å²) >= 11 is 0. The van der Waals surface area contributed by atoms with Crippen LogP contribution in [0.15, 0.2) is 18.2 Å². The molecule has 1 fully saturated rings. The van der Waals surface area contributed by atoms with E-state index in [1.807, 2.05) is 20.8 Å². The van der Waals surface area contributed by atoms with Crippen LogP contribution in [-0.2, 0) is 4.79 Å². The summed E-state index contributed by atoms with van der Waals surface area (Å²) in [5.41, 5.74) is 0.0761. The molecule has 1 saturated carbocycles. The molecular weight excluding hydrogens is 276 g/mol. The van der Waals surface area contributed by atoms with Gasteiger partial charge in [0.2, 0.25) is 5.91 Å². The van der Waals surface area contributed by atoms with Gasteiger partial charge >= 0.3 is 0 Å². The number of amides is 1. The van der Waals surface area contributed by atoms with Gasteiger partial charge in [-0.25, -0.2) is 8.78 Å². The maximum Gasteiger partial charge on any atom is 0.223 e. The molecule has 3 unspecified atom stereocenters. The van der Waals surface area contributed by atoms with Crippen LogP contribution in [0.2, 0.25) is 0 Å². The Bertz CT molecular complexity index is 540. The van der Waals surface area contributed by atoms with Gasteiger partial charge in [-0.2, -0.15) is 0 Å². The topological polar surface area (TPSA) is 49.3 Å². The summed E-state index contributed by atoms with van der Waals surface area (Å²) in [5.74, 6) is -1.90. The highest BCUT2D eigenvalue weighted by molar-refractivity contribution is 5.82. The zero-order valence-corrected chi connectivity index (χ0v) is 12.5. The molecule has 3 atom stereocenters. The Balaban J connectivity index is 1.90. The summed E-state index contributed by atoms with van der Waals surface area (Å²) in [6.45, 7) is 5.84. The minimum atomic E-state index is -0.638. The van der Waals surface area contributed by atoms with Gasteiger partial charge in [0.1, 0.15) is 11.6 Å². The van der Waals surface area contributed by atoms with E-state index >= 15 is 0 Å². The molecule has 1 aliphatic rings. The third kappa shape index (κ3) is 3.79. The van der Waals surface area contributed by atoms with Crippen molar-refractivity contribution in [1.82, 2.24) is 5.32 Å². The second-order valence-electron chi connectivity index (χ2n) is 6.74. The van der Waals surface area contributed by atoms with Crippen molar-refractivity contribution in [3.63, 3.8) is 0 Å². The van der Waals surface area contributed by atoms with Crippen molar-refractivity contribution in [1.29, 1.82) is 0 Å². The van der Waals surface area contributed by atoms with Gasteiger partial charge in [-0.3, -0.25) is 4.79 Å². The molecule has 0 radical (unpaired) electrons. The lowest BCUT2D eigenvalue weighted by atomic mass is 9.89. The first kappa shape index (κ1) is 15.9. The number of aliphatic hydroxyl groups excluding tert-OH is 1. The van der Waals surface area contributed by atoms with Gasteiger partial charge in [0.05, 0.1) is 6.10 Å². The number of aliphatic hydroxyl groups is 1. The molecule has 2 rings (SSSR count). The number of carbonyl (C=O) groups excluding carboxylic acids is 1. The Labute approximate surface area is 123 Å². The Morgan fingerprint density at radius 3 is 2.67 bits per heavy atom. The highest BCUT2D eigenvalue weighted by Crippen LogP contribution is 2.48. The maximum atomic E-state index is 13.6. The predicted molar refractivity (Wildman–Crippen MR) is 75.7 cm³/mol. The largest absolute Gasteiger partial charge is 0.391 e. The standard InChI is InChI=1S/C16H21F2NO2/c1-16(2,3)14(20)8-19-15(21)12-7-11(12)10-5-4-9(17)6-13(10)18/h4-6,11-12,14,20H,7-8H2,1-3H3,(H,19,21). The van der Waals surface area contributed by atoms with E-state index in [0.29, 0.717) is 12.0 Å². The molecule has 0 aromatic heterocycles. The number of nitrogens with one attached hydrogen (secondary N) is 1. The Kier molecular flexibility index (Phi) is 4.33. The highest BCUT2D eigenvalue weighted by Gasteiger charge is 2.45. The van der Waals surface area contributed by atoms with Crippen molar-refractivity contribution in [2.75, 3.05) is 6.54 Å². The Morgan fingerprint density at radius 1 is 1.43 bits per heavy atom. The van der Waals surface area contributed by atoms with E-state index in [0.717, 1.165) is 6.07 Å². The van der Waals surface area contributed by atoms with E-state index in [1.54, 1.807) is 0 Å². The van der Waals surface area contributed by atoms with E-state index in [-0.39, 0.29) is 29.7 Å². The molecule has 0 spiro atoms. The molecule has 116 valence electrons. The first-order chi connectivity index (χ1) is 9.70. The first-order valence-electron chi connectivity index (χ1n) is 7.11. The molecule has 0 bridgehead atoms. The number of benzene rings is 1. The minimum absolute atomic E-state index is 0.178. The summed E-state index contributed by atoms with van der Waals surface area (Å²) in [6.07, 6.45) is -0.0822. The lowest BCUT2D eigenvalue weighted by molar-refractivity contribution is -0.123. The summed E-state index contributed by atoms with van der Waals surface area (Å²) in [4.78, 5) is 12.0. The van der Waals surface area contributed by atoms with Gasteiger partial charge in [-0.15, -0.1) is 0 Å². The zero-order valence-electron chi connectivity index (χ0n) is 12.5. The second-order valence-corrected chi connectivity index (χ2v) is 6.74. The van der Waals surface area contributed by atoms with Gasteiger partial charge < -0.3 is 10.4 Å². The second kappa shape index (κ2) is 5.72. The van der Waals surface area contributed by atoms with Crippen molar-refractivity contribution < 1.29 is 18.7 Å². The summed E-state index contributed by atoms with van der Waals surface area (Å²) in [7, 11) is 0. The molecule has 3 nitrogen and oxygen atoms in total. The molecule has 0 saturated heterocycles. The predicted octanol–water partition coefficient (Wildman–Crippen LogP) is 2.59. The molecule has 0 heterocycles. The van der Waals surface area contributed by atoms with Gasteiger partial charge in [0.25, 0.3) is 0 Å². The fraction of sp³-hybridized carbons (Fsp3) is 0.562. The quantitative estimate of drug-likeness (QED) is 0.897. The monoisotopic (exact) mass is 297 g/mol. The Morgan fingerprint density at radius 2 is 2.10 bits per heavy atom. The fourth-order valence-electron chi connectivity index (χ4n) is 2.27. The van der Waals surface area contributed by atoms with Crippen LogP contribution in [0.3, 0.4) is 0 Å². The van der Waals surface area contributed by atoms with E-state index in [2.05, 4.69) is 5.32 Å². The van der Waals surface area contributed by atoms with Crippen LogP contribution in [0.5, 0.6) is 0 Å². The molecule has 1 amide bonds. The Hall–Kier alpha value is -1.49.